The number of aromatic nitrogens is 4. The van der Waals surface area contributed by atoms with Crippen LogP contribution in [0, 0.1) is 5.92 Å². The smallest absolute Gasteiger partial charge is 0.202 e. The minimum absolute atomic E-state index is 0.420. The summed E-state index contributed by atoms with van der Waals surface area (Å²) in [6.45, 7) is 4.42. The maximum absolute atomic E-state index is 6.16. The summed E-state index contributed by atoms with van der Waals surface area (Å²) in [5.74, 6) is 1.38. The molecule has 2 aromatic heterocycles. The standard InChI is InChI=1S/C14H23N5/c1-4-6-11-12-13(18(3)17-11)19(14(15)16-12)9(2)10-7-5-8-10/h9-10H,4-8H2,1-3H3,(H2,15,16). The molecule has 0 spiro atoms. The van der Waals surface area contributed by atoms with Gasteiger partial charge < -0.3 is 5.73 Å². The first-order valence-electron chi connectivity index (χ1n) is 7.32. The molecule has 1 saturated carbocycles. The molecule has 1 fully saturated rings. The molecule has 0 radical (unpaired) electrons. The lowest BCUT2D eigenvalue weighted by Crippen LogP contribution is -2.24. The summed E-state index contributed by atoms with van der Waals surface area (Å²) in [5, 5.41) is 4.60. The Kier molecular flexibility index (Phi) is 2.99. The van der Waals surface area contributed by atoms with Gasteiger partial charge in [-0.2, -0.15) is 5.10 Å². The summed E-state index contributed by atoms with van der Waals surface area (Å²) < 4.78 is 4.13. The van der Waals surface area contributed by atoms with Gasteiger partial charge in [-0.3, -0.25) is 9.25 Å². The van der Waals surface area contributed by atoms with Crippen LogP contribution in [0.2, 0.25) is 0 Å². The van der Waals surface area contributed by atoms with Crippen molar-refractivity contribution in [1.29, 1.82) is 0 Å². The van der Waals surface area contributed by atoms with E-state index in [0.29, 0.717) is 12.0 Å². The zero-order valence-corrected chi connectivity index (χ0v) is 12.1. The van der Waals surface area contributed by atoms with Crippen molar-refractivity contribution in [3.8, 4) is 0 Å². The number of anilines is 1. The average molecular weight is 261 g/mol. The molecule has 0 aliphatic heterocycles. The van der Waals surface area contributed by atoms with Gasteiger partial charge in [0.15, 0.2) is 5.65 Å². The van der Waals surface area contributed by atoms with Gasteiger partial charge >= 0.3 is 0 Å². The number of nitrogens with two attached hydrogens (primary N) is 1. The molecule has 0 aromatic carbocycles. The Balaban J connectivity index is 2.10. The van der Waals surface area contributed by atoms with Crippen LogP contribution in [-0.2, 0) is 13.5 Å². The Morgan fingerprint density at radius 2 is 2.16 bits per heavy atom. The molecule has 5 heteroatoms. The van der Waals surface area contributed by atoms with Gasteiger partial charge in [0, 0.05) is 13.1 Å². The normalized spacial score (nSPS) is 17.8. The highest BCUT2D eigenvalue weighted by atomic mass is 15.4. The molecule has 1 aliphatic carbocycles. The lowest BCUT2D eigenvalue weighted by Gasteiger charge is -2.32. The van der Waals surface area contributed by atoms with Crippen LogP contribution in [0.5, 0.6) is 0 Å². The van der Waals surface area contributed by atoms with Crippen LogP contribution >= 0.6 is 0 Å². The van der Waals surface area contributed by atoms with Gasteiger partial charge in [0.2, 0.25) is 5.95 Å². The number of rotatable bonds is 4. The lowest BCUT2D eigenvalue weighted by atomic mass is 9.80. The van der Waals surface area contributed by atoms with Gasteiger partial charge in [0.05, 0.1) is 5.69 Å². The van der Waals surface area contributed by atoms with Gasteiger partial charge in [-0.05, 0) is 32.1 Å². The molecule has 1 aliphatic rings. The summed E-state index contributed by atoms with van der Waals surface area (Å²) in [7, 11) is 1.99. The second-order valence-electron chi connectivity index (χ2n) is 5.76. The van der Waals surface area contributed by atoms with Crippen molar-refractivity contribution < 1.29 is 0 Å². The van der Waals surface area contributed by atoms with Gasteiger partial charge in [0.1, 0.15) is 5.52 Å². The minimum atomic E-state index is 0.420. The first-order chi connectivity index (χ1) is 9.13. The van der Waals surface area contributed by atoms with E-state index in [2.05, 4.69) is 28.5 Å². The molecule has 0 saturated heterocycles. The summed E-state index contributed by atoms with van der Waals surface area (Å²) in [6.07, 6.45) is 6.00. The van der Waals surface area contributed by atoms with E-state index in [4.69, 9.17) is 5.73 Å². The van der Waals surface area contributed by atoms with Crippen molar-refractivity contribution in [2.24, 2.45) is 13.0 Å². The molecule has 1 unspecified atom stereocenters. The van der Waals surface area contributed by atoms with Gasteiger partial charge in [-0.25, -0.2) is 4.98 Å². The van der Waals surface area contributed by atoms with E-state index in [-0.39, 0.29) is 0 Å². The van der Waals surface area contributed by atoms with Crippen molar-refractivity contribution in [3.63, 3.8) is 0 Å². The zero-order chi connectivity index (χ0) is 13.6. The van der Waals surface area contributed by atoms with E-state index >= 15 is 0 Å². The second kappa shape index (κ2) is 4.54. The summed E-state index contributed by atoms with van der Waals surface area (Å²) in [4.78, 5) is 4.57. The van der Waals surface area contributed by atoms with Crippen LogP contribution in [0.4, 0.5) is 5.95 Å². The highest BCUT2D eigenvalue weighted by molar-refractivity contribution is 5.78. The lowest BCUT2D eigenvalue weighted by molar-refractivity contribution is 0.226. The fourth-order valence-electron chi connectivity index (χ4n) is 3.16. The molecular formula is C14H23N5. The maximum atomic E-state index is 6.16. The molecule has 19 heavy (non-hydrogen) atoms. The molecule has 1 atom stereocenters. The number of nitrogens with zero attached hydrogens (tertiary/aromatic N) is 4. The number of fused-ring (bicyclic) bond motifs is 1. The maximum Gasteiger partial charge on any atom is 0.202 e. The molecule has 2 aromatic rings. The molecule has 104 valence electrons. The quantitative estimate of drug-likeness (QED) is 0.920. The Hall–Kier alpha value is -1.52. The van der Waals surface area contributed by atoms with Crippen molar-refractivity contribution >= 4 is 17.1 Å². The minimum Gasteiger partial charge on any atom is -0.369 e. The van der Waals surface area contributed by atoms with Crippen molar-refractivity contribution in [2.45, 2.75) is 52.0 Å². The van der Waals surface area contributed by atoms with Crippen molar-refractivity contribution in [3.05, 3.63) is 5.69 Å². The molecule has 0 amide bonds. The number of nitrogen functional groups attached to an aromatic ring is 1. The van der Waals surface area contributed by atoms with Crippen molar-refractivity contribution in [2.75, 3.05) is 5.73 Å². The highest BCUT2D eigenvalue weighted by Crippen LogP contribution is 2.39. The SMILES string of the molecule is CCCc1nn(C)c2c1nc(N)n2C(C)C1CCC1. The van der Waals surface area contributed by atoms with E-state index < -0.39 is 0 Å². The molecule has 3 rings (SSSR count). The van der Waals surface area contributed by atoms with E-state index in [1.165, 1.54) is 19.3 Å². The largest absolute Gasteiger partial charge is 0.369 e. The van der Waals surface area contributed by atoms with E-state index in [1.807, 2.05) is 11.7 Å². The highest BCUT2D eigenvalue weighted by Gasteiger charge is 2.29. The molecule has 0 bridgehead atoms. The zero-order valence-electron chi connectivity index (χ0n) is 12.1. The van der Waals surface area contributed by atoms with E-state index in [9.17, 15) is 0 Å². The van der Waals surface area contributed by atoms with Crippen molar-refractivity contribution in [1.82, 2.24) is 19.3 Å². The number of hydrogen-bond acceptors (Lipinski definition) is 3. The number of aryl methyl sites for hydroxylation is 2. The van der Waals surface area contributed by atoms with Crippen LogP contribution < -0.4 is 5.73 Å². The summed E-state index contributed by atoms with van der Waals surface area (Å²) >= 11 is 0. The Labute approximate surface area is 113 Å². The third kappa shape index (κ3) is 1.83. The number of imidazole rings is 1. The fraction of sp³-hybridized carbons (Fsp3) is 0.714. The Morgan fingerprint density at radius 3 is 2.74 bits per heavy atom. The Morgan fingerprint density at radius 1 is 1.42 bits per heavy atom. The third-order valence-electron chi connectivity index (χ3n) is 4.49. The van der Waals surface area contributed by atoms with E-state index in [0.717, 1.165) is 35.6 Å². The predicted molar refractivity (Wildman–Crippen MR) is 77.0 cm³/mol. The van der Waals surface area contributed by atoms with E-state index in [1.54, 1.807) is 0 Å². The predicted octanol–water partition coefficient (Wildman–Crippen LogP) is 2.67. The number of hydrogen-bond donors (Lipinski definition) is 1. The second-order valence-corrected chi connectivity index (χ2v) is 5.76. The van der Waals surface area contributed by atoms with Gasteiger partial charge in [-0.15, -0.1) is 0 Å². The van der Waals surface area contributed by atoms with Crippen LogP contribution in [0.1, 0.15) is 51.3 Å². The Bertz CT molecular complexity index is 591. The van der Waals surface area contributed by atoms with Crippen LogP contribution in [0.3, 0.4) is 0 Å². The summed E-state index contributed by atoms with van der Waals surface area (Å²) in [5.41, 5.74) is 9.31. The molecule has 5 nitrogen and oxygen atoms in total. The first-order valence-corrected chi connectivity index (χ1v) is 7.32. The summed E-state index contributed by atoms with van der Waals surface area (Å²) in [6, 6.07) is 0.420. The van der Waals surface area contributed by atoms with Gasteiger partial charge in [0.25, 0.3) is 0 Å². The van der Waals surface area contributed by atoms with Gasteiger partial charge in [-0.1, -0.05) is 19.8 Å². The third-order valence-corrected chi connectivity index (χ3v) is 4.49. The fourth-order valence-corrected chi connectivity index (χ4v) is 3.16. The average Bonchev–Trinajstić information content (AvgIpc) is 2.76. The topological polar surface area (TPSA) is 61.7 Å². The monoisotopic (exact) mass is 261 g/mol. The molecule has 2 heterocycles. The van der Waals surface area contributed by atoms with Crippen LogP contribution in [-0.4, -0.2) is 19.3 Å². The first kappa shape index (κ1) is 12.5. The molecule has 2 N–H and O–H groups in total. The van der Waals surface area contributed by atoms with Crippen LogP contribution in [0.25, 0.3) is 11.2 Å². The molecular weight excluding hydrogens is 238 g/mol. The van der Waals surface area contributed by atoms with Crippen LogP contribution in [0.15, 0.2) is 0 Å².